The Morgan fingerprint density at radius 3 is 2.67 bits per heavy atom. The summed E-state index contributed by atoms with van der Waals surface area (Å²) >= 11 is 0. The topological polar surface area (TPSA) is 129 Å². The number of nitrogens with one attached hydrogen (secondary N) is 2. The average molecular weight is 407 g/mol. The normalized spacial score (nSPS) is 15.7. The van der Waals surface area contributed by atoms with E-state index in [1.54, 1.807) is 25.1 Å². The molecule has 9 nitrogen and oxygen atoms in total. The molecular formula is C20H18FN7O2. The van der Waals surface area contributed by atoms with Crippen molar-refractivity contribution >= 4 is 28.9 Å². The predicted octanol–water partition coefficient (Wildman–Crippen LogP) is 1.98. The first-order valence-corrected chi connectivity index (χ1v) is 9.13. The summed E-state index contributed by atoms with van der Waals surface area (Å²) in [7, 11) is 0. The zero-order valence-corrected chi connectivity index (χ0v) is 16.0. The highest BCUT2D eigenvalue weighted by molar-refractivity contribution is 6.44. The SMILES string of the molecule is Cc1nc(-c2cccc(NC(=O)C3=NN(c4ccc(F)cc4)C(C(N)=O)C3)c2)n[nH]1. The van der Waals surface area contributed by atoms with Crippen LogP contribution in [0, 0.1) is 12.7 Å². The molecule has 0 radical (unpaired) electrons. The fraction of sp³-hybridized carbons (Fsp3) is 0.150. The van der Waals surface area contributed by atoms with Gasteiger partial charge in [-0.05, 0) is 43.3 Å². The molecule has 0 fully saturated rings. The molecule has 0 aliphatic carbocycles. The molecule has 4 rings (SSSR count). The molecule has 1 aliphatic rings. The number of aryl methyl sites for hydroxylation is 1. The maximum Gasteiger partial charge on any atom is 0.271 e. The summed E-state index contributed by atoms with van der Waals surface area (Å²) in [5, 5.41) is 15.2. The lowest BCUT2D eigenvalue weighted by atomic mass is 10.1. The van der Waals surface area contributed by atoms with Gasteiger partial charge in [-0.1, -0.05) is 12.1 Å². The number of hydrogen-bond acceptors (Lipinski definition) is 6. The molecule has 1 unspecified atom stereocenters. The third-order valence-electron chi connectivity index (χ3n) is 4.57. The van der Waals surface area contributed by atoms with E-state index in [4.69, 9.17) is 5.73 Å². The van der Waals surface area contributed by atoms with Gasteiger partial charge < -0.3 is 11.1 Å². The number of halogens is 1. The van der Waals surface area contributed by atoms with Crippen molar-refractivity contribution in [2.45, 2.75) is 19.4 Å². The molecule has 3 aromatic rings. The average Bonchev–Trinajstić information content (AvgIpc) is 3.36. The number of hydrazone groups is 1. The smallest absolute Gasteiger partial charge is 0.271 e. The van der Waals surface area contributed by atoms with Crippen molar-refractivity contribution in [2.75, 3.05) is 10.3 Å². The molecule has 2 aromatic carbocycles. The van der Waals surface area contributed by atoms with E-state index >= 15 is 0 Å². The van der Waals surface area contributed by atoms with Crippen LogP contribution in [0.25, 0.3) is 11.4 Å². The van der Waals surface area contributed by atoms with Gasteiger partial charge >= 0.3 is 0 Å². The Kier molecular flexibility index (Phi) is 4.97. The number of amides is 2. The second kappa shape index (κ2) is 7.74. The second-order valence-corrected chi connectivity index (χ2v) is 6.77. The lowest BCUT2D eigenvalue weighted by Crippen LogP contribution is -2.39. The number of anilines is 2. The molecule has 2 heterocycles. The minimum atomic E-state index is -0.834. The van der Waals surface area contributed by atoms with Gasteiger partial charge in [-0.3, -0.25) is 19.7 Å². The van der Waals surface area contributed by atoms with Crippen LogP contribution in [-0.4, -0.2) is 38.7 Å². The zero-order chi connectivity index (χ0) is 21.3. The quantitative estimate of drug-likeness (QED) is 0.595. The molecule has 0 bridgehead atoms. The Labute approximate surface area is 170 Å². The monoisotopic (exact) mass is 407 g/mol. The van der Waals surface area contributed by atoms with E-state index in [0.717, 1.165) is 5.56 Å². The molecule has 1 aliphatic heterocycles. The van der Waals surface area contributed by atoms with Gasteiger partial charge in [0.1, 0.15) is 23.4 Å². The number of rotatable bonds is 5. The van der Waals surface area contributed by atoms with Crippen molar-refractivity contribution in [3.8, 4) is 11.4 Å². The highest BCUT2D eigenvalue weighted by atomic mass is 19.1. The zero-order valence-electron chi connectivity index (χ0n) is 16.0. The number of carbonyl (C=O) groups is 2. The number of primary amides is 1. The van der Waals surface area contributed by atoms with Crippen LogP contribution in [0.4, 0.5) is 15.8 Å². The molecule has 1 aromatic heterocycles. The maximum atomic E-state index is 13.2. The minimum absolute atomic E-state index is 0.0400. The molecule has 0 saturated carbocycles. The van der Waals surface area contributed by atoms with E-state index in [1.165, 1.54) is 29.3 Å². The van der Waals surface area contributed by atoms with Gasteiger partial charge in [0.05, 0.1) is 5.69 Å². The minimum Gasteiger partial charge on any atom is -0.368 e. The molecule has 1 atom stereocenters. The second-order valence-electron chi connectivity index (χ2n) is 6.77. The Morgan fingerprint density at radius 1 is 1.23 bits per heavy atom. The highest BCUT2D eigenvalue weighted by Crippen LogP contribution is 2.26. The summed E-state index contributed by atoms with van der Waals surface area (Å²) in [6, 6.07) is 11.7. The maximum absolute atomic E-state index is 13.2. The van der Waals surface area contributed by atoms with Gasteiger partial charge in [0.25, 0.3) is 5.91 Å². The number of hydrogen-bond donors (Lipinski definition) is 3. The van der Waals surface area contributed by atoms with Crippen molar-refractivity contribution in [2.24, 2.45) is 10.8 Å². The fourth-order valence-electron chi connectivity index (χ4n) is 3.11. The fourth-order valence-corrected chi connectivity index (χ4v) is 3.11. The Hall–Kier alpha value is -4.08. The van der Waals surface area contributed by atoms with Crippen LogP contribution in [0.3, 0.4) is 0 Å². The first kappa shape index (κ1) is 19.2. The van der Waals surface area contributed by atoms with E-state index in [-0.39, 0.29) is 12.1 Å². The van der Waals surface area contributed by atoms with Gasteiger partial charge in [-0.15, -0.1) is 0 Å². The first-order chi connectivity index (χ1) is 14.4. The van der Waals surface area contributed by atoms with E-state index in [2.05, 4.69) is 25.6 Å². The summed E-state index contributed by atoms with van der Waals surface area (Å²) in [4.78, 5) is 28.9. The van der Waals surface area contributed by atoms with Crippen LogP contribution >= 0.6 is 0 Å². The highest BCUT2D eigenvalue weighted by Gasteiger charge is 2.35. The molecule has 0 spiro atoms. The van der Waals surface area contributed by atoms with Crippen molar-refractivity contribution < 1.29 is 14.0 Å². The number of nitrogens with two attached hydrogens (primary N) is 1. The summed E-state index contributed by atoms with van der Waals surface area (Å²) in [6.45, 7) is 1.79. The molecule has 4 N–H and O–H groups in total. The lowest BCUT2D eigenvalue weighted by molar-refractivity contribution is -0.119. The number of aromatic amines is 1. The van der Waals surface area contributed by atoms with E-state index in [9.17, 15) is 14.0 Å². The number of aromatic nitrogens is 3. The van der Waals surface area contributed by atoms with Crippen LogP contribution in [0.1, 0.15) is 12.2 Å². The van der Waals surface area contributed by atoms with Gasteiger partial charge in [0, 0.05) is 17.7 Å². The van der Waals surface area contributed by atoms with E-state index in [0.29, 0.717) is 23.0 Å². The molecule has 2 amide bonds. The molecule has 0 saturated heterocycles. The predicted molar refractivity (Wildman–Crippen MR) is 109 cm³/mol. The van der Waals surface area contributed by atoms with Gasteiger partial charge in [0.15, 0.2) is 5.82 Å². The standard InChI is InChI=1S/C20H18FN7O2/c1-11-23-19(26-25-11)12-3-2-4-14(9-12)24-20(30)16-10-17(18(22)29)28(27-16)15-7-5-13(21)6-8-15/h2-9,17H,10H2,1H3,(H2,22,29)(H,24,30)(H,23,25,26). The van der Waals surface area contributed by atoms with Crippen molar-refractivity contribution in [3.05, 3.63) is 60.2 Å². The third kappa shape index (κ3) is 3.88. The van der Waals surface area contributed by atoms with Crippen molar-refractivity contribution in [3.63, 3.8) is 0 Å². The molecule has 152 valence electrons. The van der Waals surface area contributed by atoms with Gasteiger partial charge in [-0.2, -0.15) is 10.2 Å². The van der Waals surface area contributed by atoms with Crippen LogP contribution in [0.15, 0.2) is 53.6 Å². The summed E-state index contributed by atoms with van der Waals surface area (Å²) < 4.78 is 13.2. The van der Waals surface area contributed by atoms with Crippen LogP contribution in [-0.2, 0) is 9.59 Å². The van der Waals surface area contributed by atoms with E-state index < -0.39 is 23.7 Å². The number of carbonyl (C=O) groups excluding carboxylic acids is 2. The Morgan fingerprint density at radius 2 is 2.00 bits per heavy atom. The first-order valence-electron chi connectivity index (χ1n) is 9.13. The number of nitrogens with zero attached hydrogens (tertiary/aromatic N) is 4. The summed E-state index contributed by atoms with van der Waals surface area (Å²) in [5.41, 5.74) is 7.34. The van der Waals surface area contributed by atoms with Gasteiger partial charge in [0.2, 0.25) is 5.91 Å². The van der Waals surface area contributed by atoms with Crippen LogP contribution < -0.4 is 16.1 Å². The van der Waals surface area contributed by atoms with Crippen molar-refractivity contribution in [1.82, 2.24) is 15.2 Å². The Bertz CT molecular complexity index is 1140. The summed E-state index contributed by atoms with van der Waals surface area (Å²) in [6.07, 6.45) is 0.0400. The van der Waals surface area contributed by atoms with Gasteiger partial charge in [-0.25, -0.2) is 9.37 Å². The number of H-pyrrole nitrogens is 1. The summed E-state index contributed by atoms with van der Waals surface area (Å²) in [5.74, 6) is -0.324. The Balaban J connectivity index is 1.55. The largest absolute Gasteiger partial charge is 0.368 e. The van der Waals surface area contributed by atoms with Crippen LogP contribution in [0.5, 0.6) is 0 Å². The molecule has 30 heavy (non-hydrogen) atoms. The lowest BCUT2D eigenvalue weighted by Gasteiger charge is -2.20. The molecule has 10 heteroatoms. The molecular weight excluding hydrogens is 389 g/mol. The van der Waals surface area contributed by atoms with Crippen molar-refractivity contribution in [1.29, 1.82) is 0 Å². The van der Waals surface area contributed by atoms with Crippen LogP contribution in [0.2, 0.25) is 0 Å². The third-order valence-corrected chi connectivity index (χ3v) is 4.57. The van der Waals surface area contributed by atoms with E-state index in [1.807, 2.05) is 6.07 Å². The number of benzene rings is 2.